The summed E-state index contributed by atoms with van der Waals surface area (Å²) in [5.74, 6) is 0.400. The van der Waals surface area contributed by atoms with Crippen LogP contribution in [0.15, 0.2) is 30.3 Å². The number of likely N-dealkylation sites (tertiary alicyclic amines) is 1. The minimum absolute atomic E-state index is 0.00143. The van der Waals surface area contributed by atoms with Gasteiger partial charge in [0.1, 0.15) is 0 Å². The molecule has 172 valence electrons. The van der Waals surface area contributed by atoms with Crippen LogP contribution in [0.2, 0.25) is 0 Å². The van der Waals surface area contributed by atoms with Crippen LogP contribution in [-0.4, -0.2) is 84.3 Å². The van der Waals surface area contributed by atoms with Crippen LogP contribution in [0, 0.1) is 0 Å². The first kappa shape index (κ1) is 22.5. The molecule has 0 saturated carbocycles. The van der Waals surface area contributed by atoms with E-state index in [2.05, 4.69) is 4.90 Å². The zero-order valence-electron chi connectivity index (χ0n) is 19.0. The van der Waals surface area contributed by atoms with Gasteiger partial charge in [-0.15, -0.1) is 0 Å². The van der Waals surface area contributed by atoms with Gasteiger partial charge < -0.3 is 14.7 Å². The summed E-state index contributed by atoms with van der Waals surface area (Å²) in [5.41, 5.74) is 1.86. The molecule has 3 heterocycles. The number of rotatable bonds is 5. The molecule has 3 aliphatic rings. The summed E-state index contributed by atoms with van der Waals surface area (Å²) in [6.07, 6.45) is 8.40. The number of hydrogen-bond acceptors (Lipinski definition) is 4. The van der Waals surface area contributed by atoms with Gasteiger partial charge in [0.15, 0.2) is 0 Å². The minimum Gasteiger partial charge on any atom is -0.341 e. The lowest BCUT2D eigenvalue weighted by Gasteiger charge is -2.39. The van der Waals surface area contributed by atoms with Gasteiger partial charge in [-0.1, -0.05) is 12.1 Å². The van der Waals surface area contributed by atoms with Gasteiger partial charge in [-0.25, -0.2) is 0 Å². The molecule has 0 N–H and O–H groups in total. The Hall–Kier alpha value is -2.67. The maximum Gasteiger partial charge on any atom is 0.246 e. The quantitative estimate of drug-likeness (QED) is 0.662. The van der Waals surface area contributed by atoms with Gasteiger partial charge in [0.2, 0.25) is 17.7 Å². The Kier molecular flexibility index (Phi) is 7.25. The van der Waals surface area contributed by atoms with Crippen LogP contribution < -0.4 is 4.90 Å². The predicted octanol–water partition coefficient (Wildman–Crippen LogP) is 2.37. The van der Waals surface area contributed by atoms with Crippen LogP contribution in [0.4, 0.5) is 5.69 Å². The van der Waals surface area contributed by atoms with Gasteiger partial charge in [0.05, 0.1) is 6.04 Å². The highest BCUT2D eigenvalue weighted by Gasteiger charge is 2.30. The SMILES string of the molecule is CC(C(=O)N1CCCCC1)N1CCN(C(=O)/C=C/c2ccc(N3CCCC3=O)cc2)CC1. The van der Waals surface area contributed by atoms with Crippen molar-refractivity contribution in [1.82, 2.24) is 14.7 Å². The summed E-state index contributed by atoms with van der Waals surface area (Å²) in [6.45, 7) is 7.24. The smallest absolute Gasteiger partial charge is 0.246 e. The minimum atomic E-state index is -0.123. The first-order valence-electron chi connectivity index (χ1n) is 11.9. The van der Waals surface area contributed by atoms with Gasteiger partial charge in [0.25, 0.3) is 0 Å². The summed E-state index contributed by atoms with van der Waals surface area (Å²) in [5, 5.41) is 0. The topological polar surface area (TPSA) is 64.2 Å². The molecule has 4 rings (SSSR count). The molecule has 1 aromatic carbocycles. The van der Waals surface area contributed by atoms with Crippen LogP contribution in [-0.2, 0) is 14.4 Å². The third kappa shape index (κ3) is 5.21. The largest absolute Gasteiger partial charge is 0.341 e. The number of benzene rings is 1. The van der Waals surface area contributed by atoms with Crippen LogP contribution >= 0.6 is 0 Å². The molecule has 0 aromatic heterocycles. The van der Waals surface area contributed by atoms with E-state index in [1.165, 1.54) is 6.42 Å². The summed E-state index contributed by atoms with van der Waals surface area (Å²) in [7, 11) is 0. The lowest BCUT2D eigenvalue weighted by Crippen LogP contribution is -2.55. The summed E-state index contributed by atoms with van der Waals surface area (Å²) >= 11 is 0. The van der Waals surface area contributed by atoms with Crippen LogP contribution in [0.3, 0.4) is 0 Å². The molecule has 3 amide bonds. The highest BCUT2D eigenvalue weighted by Crippen LogP contribution is 2.22. The number of hydrogen-bond donors (Lipinski definition) is 0. The van der Waals surface area contributed by atoms with Crippen molar-refractivity contribution in [3.05, 3.63) is 35.9 Å². The van der Waals surface area contributed by atoms with Crippen LogP contribution in [0.25, 0.3) is 6.08 Å². The second kappa shape index (κ2) is 10.3. The highest BCUT2D eigenvalue weighted by molar-refractivity contribution is 5.95. The Morgan fingerprint density at radius 3 is 2.16 bits per heavy atom. The fraction of sp³-hybridized carbons (Fsp3) is 0.560. The monoisotopic (exact) mass is 438 g/mol. The van der Waals surface area contributed by atoms with Crippen LogP contribution in [0.5, 0.6) is 0 Å². The molecule has 0 spiro atoms. The van der Waals surface area contributed by atoms with E-state index < -0.39 is 0 Å². The van der Waals surface area contributed by atoms with Gasteiger partial charge >= 0.3 is 0 Å². The molecule has 0 radical (unpaired) electrons. The molecular weight excluding hydrogens is 404 g/mol. The van der Waals surface area contributed by atoms with E-state index in [0.29, 0.717) is 19.5 Å². The number of piperidine rings is 1. The van der Waals surface area contributed by atoms with Crippen LogP contribution in [0.1, 0.15) is 44.6 Å². The summed E-state index contributed by atoms with van der Waals surface area (Å²) in [4.78, 5) is 45.1. The molecular formula is C25H34N4O3. The maximum absolute atomic E-state index is 12.8. The molecule has 0 aliphatic carbocycles. The lowest BCUT2D eigenvalue weighted by atomic mass is 10.1. The van der Waals surface area contributed by atoms with Crippen molar-refractivity contribution >= 4 is 29.5 Å². The van der Waals surface area contributed by atoms with Crippen molar-refractivity contribution in [2.75, 3.05) is 50.7 Å². The summed E-state index contributed by atoms with van der Waals surface area (Å²) < 4.78 is 0. The number of amides is 3. The second-order valence-electron chi connectivity index (χ2n) is 9.00. The van der Waals surface area contributed by atoms with Gasteiger partial charge in [-0.05, 0) is 56.4 Å². The third-order valence-corrected chi connectivity index (χ3v) is 6.90. The molecule has 7 nitrogen and oxygen atoms in total. The molecule has 3 fully saturated rings. The van der Waals surface area contributed by atoms with Gasteiger partial charge in [-0.2, -0.15) is 0 Å². The molecule has 1 atom stereocenters. The van der Waals surface area contributed by atoms with E-state index in [1.54, 1.807) is 6.08 Å². The Morgan fingerprint density at radius 2 is 1.53 bits per heavy atom. The number of carbonyl (C=O) groups is 3. The van der Waals surface area contributed by atoms with Crippen molar-refractivity contribution < 1.29 is 14.4 Å². The third-order valence-electron chi connectivity index (χ3n) is 6.90. The van der Waals surface area contributed by atoms with E-state index in [0.717, 1.165) is 63.2 Å². The second-order valence-corrected chi connectivity index (χ2v) is 9.00. The van der Waals surface area contributed by atoms with Crippen molar-refractivity contribution in [1.29, 1.82) is 0 Å². The van der Waals surface area contributed by atoms with Crippen molar-refractivity contribution in [3.63, 3.8) is 0 Å². The predicted molar refractivity (Wildman–Crippen MR) is 125 cm³/mol. The average Bonchev–Trinajstić information content (AvgIpc) is 3.28. The van der Waals surface area contributed by atoms with Crippen molar-refractivity contribution in [2.45, 2.75) is 45.1 Å². The van der Waals surface area contributed by atoms with Crippen molar-refractivity contribution in [3.8, 4) is 0 Å². The van der Waals surface area contributed by atoms with E-state index in [1.807, 2.05) is 52.0 Å². The summed E-state index contributed by atoms with van der Waals surface area (Å²) in [6, 6.07) is 7.63. The highest BCUT2D eigenvalue weighted by atomic mass is 16.2. The molecule has 1 unspecified atom stereocenters. The fourth-order valence-corrected chi connectivity index (χ4v) is 4.82. The maximum atomic E-state index is 12.8. The Morgan fingerprint density at radius 1 is 0.844 bits per heavy atom. The zero-order chi connectivity index (χ0) is 22.5. The Bertz CT molecular complexity index is 852. The number of piperazine rings is 1. The number of carbonyl (C=O) groups excluding carboxylic acids is 3. The molecule has 1 aromatic rings. The molecule has 3 aliphatic heterocycles. The first-order chi connectivity index (χ1) is 15.5. The fourth-order valence-electron chi connectivity index (χ4n) is 4.82. The number of nitrogens with zero attached hydrogens (tertiary/aromatic N) is 4. The molecule has 32 heavy (non-hydrogen) atoms. The molecule has 3 saturated heterocycles. The van der Waals surface area contributed by atoms with Gasteiger partial charge in [0, 0.05) is 64.0 Å². The van der Waals surface area contributed by atoms with Gasteiger partial charge in [-0.3, -0.25) is 19.3 Å². The van der Waals surface area contributed by atoms with E-state index in [9.17, 15) is 14.4 Å². The lowest BCUT2D eigenvalue weighted by molar-refractivity contribution is -0.138. The van der Waals surface area contributed by atoms with E-state index >= 15 is 0 Å². The average molecular weight is 439 g/mol. The van der Waals surface area contributed by atoms with Crippen molar-refractivity contribution in [2.24, 2.45) is 0 Å². The molecule has 7 heteroatoms. The first-order valence-corrected chi connectivity index (χ1v) is 11.9. The molecule has 0 bridgehead atoms. The zero-order valence-corrected chi connectivity index (χ0v) is 19.0. The standard InChI is InChI=1S/C25H34N4O3/c1-20(25(32)28-13-3-2-4-14-28)26-16-18-27(19-17-26)23(30)12-9-21-7-10-22(11-8-21)29-15-5-6-24(29)31/h7-12,20H,2-6,13-19H2,1H3/b12-9+. The number of anilines is 1. The normalized spacial score (nSPS) is 21.4. The Balaban J connectivity index is 1.25. The Labute approximate surface area is 190 Å². The van der Waals surface area contributed by atoms with E-state index in [4.69, 9.17) is 0 Å². The van der Waals surface area contributed by atoms with E-state index in [-0.39, 0.29) is 23.8 Å².